The molecule has 1 fully saturated rings. The highest BCUT2D eigenvalue weighted by molar-refractivity contribution is 5.97. The van der Waals surface area contributed by atoms with Crippen LogP contribution in [0.15, 0.2) is 12.3 Å². The van der Waals surface area contributed by atoms with Gasteiger partial charge >= 0.3 is 0 Å². The lowest BCUT2D eigenvalue weighted by Crippen LogP contribution is -2.28. The molecule has 1 N–H and O–H groups in total. The van der Waals surface area contributed by atoms with Gasteiger partial charge in [0.1, 0.15) is 5.78 Å². The van der Waals surface area contributed by atoms with Crippen molar-refractivity contribution in [2.45, 2.75) is 32.1 Å². The van der Waals surface area contributed by atoms with Gasteiger partial charge in [0, 0.05) is 31.0 Å². The van der Waals surface area contributed by atoms with E-state index in [0.717, 1.165) is 37.2 Å². The van der Waals surface area contributed by atoms with Crippen molar-refractivity contribution in [1.82, 2.24) is 10.3 Å². The summed E-state index contributed by atoms with van der Waals surface area (Å²) in [5, 5.41) is 3.31. The molecule has 1 aliphatic heterocycles. The third-order valence-electron chi connectivity index (χ3n) is 4.07. The predicted molar refractivity (Wildman–Crippen MR) is 71.2 cm³/mol. The summed E-state index contributed by atoms with van der Waals surface area (Å²) in [6.45, 7) is 2.02. The molecular formula is C15H18N2O2. The molecule has 100 valence electrons. The number of nitrogens with one attached hydrogen (secondary N) is 1. The van der Waals surface area contributed by atoms with Crippen LogP contribution in [-0.2, 0) is 17.6 Å². The molecule has 0 amide bonds. The Kier molecular flexibility index (Phi) is 3.42. The lowest BCUT2D eigenvalue weighted by atomic mass is 9.91. The van der Waals surface area contributed by atoms with Crippen molar-refractivity contribution in [3.05, 3.63) is 29.1 Å². The molecule has 1 aromatic heterocycles. The Morgan fingerprint density at radius 1 is 1.32 bits per heavy atom. The van der Waals surface area contributed by atoms with E-state index in [1.54, 1.807) is 6.20 Å². The van der Waals surface area contributed by atoms with Crippen LogP contribution in [0.3, 0.4) is 0 Å². The first-order chi connectivity index (χ1) is 9.22. The number of aromatic nitrogens is 1. The molecule has 0 bridgehead atoms. The van der Waals surface area contributed by atoms with Crippen LogP contribution in [-0.4, -0.2) is 29.6 Å². The lowest BCUT2D eigenvalue weighted by molar-refractivity contribution is -0.117. The number of piperidine rings is 1. The molecule has 4 nitrogen and oxygen atoms in total. The van der Waals surface area contributed by atoms with Gasteiger partial charge in [0.05, 0.1) is 5.69 Å². The second-order valence-electron chi connectivity index (χ2n) is 5.54. The van der Waals surface area contributed by atoms with Crippen LogP contribution >= 0.6 is 0 Å². The van der Waals surface area contributed by atoms with Crippen LogP contribution in [0.2, 0.25) is 0 Å². The Balaban J connectivity index is 1.70. The van der Waals surface area contributed by atoms with Gasteiger partial charge < -0.3 is 5.32 Å². The Hall–Kier alpha value is -1.55. The maximum Gasteiger partial charge on any atom is 0.164 e. The number of carbonyl (C=O) groups excluding carboxylic acids is 2. The normalized spacial score (nSPS) is 19.5. The molecule has 19 heavy (non-hydrogen) atoms. The van der Waals surface area contributed by atoms with Crippen molar-refractivity contribution < 1.29 is 9.59 Å². The fourth-order valence-electron chi connectivity index (χ4n) is 2.93. The molecule has 0 spiro atoms. The van der Waals surface area contributed by atoms with Crippen LogP contribution in [0.1, 0.15) is 40.9 Å². The van der Waals surface area contributed by atoms with E-state index in [-0.39, 0.29) is 11.6 Å². The molecule has 1 saturated heterocycles. The van der Waals surface area contributed by atoms with Crippen molar-refractivity contribution in [3.8, 4) is 0 Å². The van der Waals surface area contributed by atoms with E-state index in [2.05, 4.69) is 10.3 Å². The molecule has 0 unspecified atom stereocenters. The van der Waals surface area contributed by atoms with Gasteiger partial charge in [-0.2, -0.15) is 0 Å². The van der Waals surface area contributed by atoms with Crippen LogP contribution in [0.5, 0.6) is 0 Å². The second-order valence-corrected chi connectivity index (χ2v) is 5.54. The van der Waals surface area contributed by atoms with Crippen molar-refractivity contribution in [3.63, 3.8) is 0 Å². The molecule has 1 aliphatic carbocycles. The van der Waals surface area contributed by atoms with Gasteiger partial charge in [-0.3, -0.25) is 14.6 Å². The van der Waals surface area contributed by atoms with Crippen molar-refractivity contribution in [2.75, 3.05) is 13.1 Å². The molecule has 3 rings (SSSR count). The summed E-state index contributed by atoms with van der Waals surface area (Å²) in [6, 6.07) is 1.87. The van der Waals surface area contributed by atoms with Gasteiger partial charge in [0.2, 0.25) is 0 Å². The average molecular weight is 258 g/mol. The average Bonchev–Trinajstić information content (AvgIpc) is 2.78. The van der Waals surface area contributed by atoms with E-state index in [1.807, 2.05) is 6.07 Å². The highest BCUT2D eigenvalue weighted by Crippen LogP contribution is 2.22. The minimum Gasteiger partial charge on any atom is -0.317 e. The molecular weight excluding hydrogens is 240 g/mol. The highest BCUT2D eigenvalue weighted by Gasteiger charge is 2.22. The van der Waals surface area contributed by atoms with E-state index >= 15 is 0 Å². The summed E-state index contributed by atoms with van der Waals surface area (Å²) in [4.78, 5) is 27.9. The molecule has 1 aromatic rings. The van der Waals surface area contributed by atoms with E-state index in [9.17, 15) is 9.59 Å². The number of pyridine rings is 1. The zero-order valence-electron chi connectivity index (χ0n) is 10.9. The minimum absolute atomic E-state index is 0.168. The number of hydrogen-bond acceptors (Lipinski definition) is 4. The first-order valence-electron chi connectivity index (χ1n) is 6.96. The summed E-state index contributed by atoms with van der Waals surface area (Å²) < 4.78 is 0. The maximum absolute atomic E-state index is 12.2. The number of hydrogen-bond donors (Lipinski definition) is 1. The second kappa shape index (κ2) is 5.21. The summed E-state index contributed by atoms with van der Waals surface area (Å²) in [5.41, 5.74) is 2.47. The summed E-state index contributed by atoms with van der Waals surface area (Å²) in [6.07, 6.45) is 5.26. The quantitative estimate of drug-likeness (QED) is 0.831. The van der Waals surface area contributed by atoms with Crippen molar-refractivity contribution >= 4 is 11.6 Å². The zero-order valence-corrected chi connectivity index (χ0v) is 10.9. The third kappa shape index (κ3) is 2.73. The molecule has 0 saturated carbocycles. The topological polar surface area (TPSA) is 59.1 Å². The Bertz CT molecular complexity index is 519. The zero-order chi connectivity index (χ0) is 13.2. The van der Waals surface area contributed by atoms with Gasteiger partial charge in [0.15, 0.2) is 5.78 Å². The van der Waals surface area contributed by atoms with Gasteiger partial charge in [-0.25, -0.2) is 0 Å². The Morgan fingerprint density at radius 2 is 2.11 bits per heavy atom. The van der Waals surface area contributed by atoms with Gasteiger partial charge in [-0.15, -0.1) is 0 Å². The first kappa shape index (κ1) is 12.5. The number of nitrogens with zero attached hydrogens (tertiary/aromatic N) is 1. The van der Waals surface area contributed by atoms with Gasteiger partial charge in [-0.05, 0) is 43.5 Å². The third-order valence-corrected chi connectivity index (χ3v) is 4.07. The summed E-state index contributed by atoms with van der Waals surface area (Å²) in [5.74, 6) is 0.857. The van der Waals surface area contributed by atoms with E-state index in [1.165, 1.54) is 0 Å². The number of Topliss-reactive ketones (excluding diaryl/α,β-unsaturated/α-hetero) is 2. The largest absolute Gasteiger partial charge is 0.317 e. The smallest absolute Gasteiger partial charge is 0.164 e. The van der Waals surface area contributed by atoms with E-state index in [0.29, 0.717) is 30.7 Å². The molecule has 0 atom stereocenters. The Morgan fingerprint density at radius 3 is 2.89 bits per heavy atom. The standard InChI is InChI=1S/C15H18N2O2/c18-13-7-11-6-12(9-17-14(11)8-13)15(19)5-10-1-3-16-4-2-10/h6,9-10,16H,1-5,7-8H2. The van der Waals surface area contributed by atoms with Crippen molar-refractivity contribution in [2.24, 2.45) is 5.92 Å². The SMILES string of the molecule is O=C1Cc2cc(C(=O)CC3CCNCC3)cnc2C1. The number of rotatable bonds is 3. The lowest BCUT2D eigenvalue weighted by Gasteiger charge is -2.21. The predicted octanol–water partition coefficient (Wildman–Crippen LogP) is 1.32. The molecule has 2 heterocycles. The molecule has 2 aliphatic rings. The molecule has 0 radical (unpaired) electrons. The van der Waals surface area contributed by atoms with Crippen LogP contribution in [0, 0.1) is 5.92 Å². The monoisotopic (exact) mass is 258 g/mol. The number of ketones is 2. The summed E-state index contributed by atoms with van der Waals surface area (Å²) >= 11 is 0. The number of fused-ring (bicyclic) bond motifs is 1. The van der Waals surface area contributed by atoms with Crippen LogP contribution in [0.25, 0.3) is 0 Å². The van der Waals surface area contributed by atoms with Crippen molar-refractivity contribution in [1.29, 1.82) is 0 Å². The minimum atomic E-state index is 0.168. The molecule has 0 aromatic carbocycles. The van der Waals surface area contributed by atoms with Gasteiger partial charge in [-0.1, -0.05) is 0 Å². The molecule has 4 heteroatoms. The van der Waals surface area contributed by atoms with E-state index in [4.69, 9.17) is 0 Å². The van der Waals surface area contributed by atoms with Crippen LogP contribution in [0.4, 0.5) is 0 Å². The Labute approximate surface area is 112 Å². The fourth-order valence-corrected chi connectivity index (χ4v) is 2.93. The van der Waals surface area contributed by atoms with E-state index < -0.39 is 0 Å². The maximum atomic E-state index is 12.2. The fraction of sp³-hybridized carbons (Fsp3) is 0.533. The highest BCUT2D eigenvalue weighted by atomic mass is 16.1. The number of carbonyl (C=O) groups is 2. The first-order valence-corrected chi connectivity index (χ1v) is 6.96. The summed E-state index contributed by atoms with van der Waals surface area (Å²) in [7, 11) is 0. The van der Waals surface area contributed by atoms with Crippen LogP contribution < -0.4 is 5.32 Å². The van der Waals surface area contributed by atoms with Gasteiger partial charge in [0.25, 0.3) is 0 Å².